The van der Waals surface area contributed by atoms with Crippen LogP contribution in [-0.2, 0) is 9.63 Å². The van der Waals surface area contributed by atoms with E-state index in [-0.39, 0.29) is 11.7 Å². The fraction of sp³-hybridized carbons (Fsp3) is 0.143. The number of nitrogens with zero attached hydrogens (tertiary/aromatic N) is 3. The van der Waals surface area contributed by atoms with E-state index in [1.165, 1.54) is 26.6 Å². The van der Waals surface area contributed by atoms with Crippen molar-refractivity contribution in [2.75, 3.05) is 23.5 Å². The lowest BCUT2D eigenvalue weighted by Crippen LogP contribution is -2.06. The molecule has 1 aromatic carbocycles. The SMILES string of the molecule is CON=Cc1c(N)ncnc1Nc1ccc(NC(C)=O)cc1. The molecular weight excluding hydrogens is 284 g/mol. The lowest BCUT2D eigenvalue weighted by molar-refractivity contribution is -0.114. The van der Waals surface area contributed by atoms with Crippen molar-refractivity contribution >= 4 is 35.1 Å². The van der Waals surface area contributed by atoms with Crippen LogP contribution in [0.3, 0.4) is 0 Å². The third kappa shape index (κ3) is 3.92. The van der Waals surface area contributed by atoms with Crippen LogP contribution in [0, 0.1) is 0 Å². The van der Waals surface area contributed by atoms with E-state index < -0.39 is 0 Å². The summed E-state index contributed by atoms with van der Waals surface area (Å²) in [7, 11) is 1.43. The summed E-state index contributed by atoms with van der Waals surface area (Å²) in [4.78, 5) is 23.7. The van der Waals surface area contributed by atoms with Crippen molar-refractivity contribution in [3.8, 4) is 0 Å². The Labute approximate surface area is 127 Å². The molecule has 1 aromatic heterocycles. The molecule has 0 fully saturated rings. The molecule has 2 aromatic rings. The van der Waals surface area contributed by atoms with Crippen LogP contribution in [-0.4, -0.2) is 29.2 Å². The van der Waals surface area contributed by atoms with Gasteiger partial charge in [0.05, 0.1) is 11.8 Å². The van der Waals surface area contributed by atoms with E-state index in [0.717, 1.165) is 5.69 Å². The van der Waals surface area contributed by atoms with E-state index in [1.54, 1.807) is 24.3 Å². The first-order chi connectivity index (χ1) is 10.6. The fourth-order valence-electron chi connectivity index (χ4n) is 1.72. The minimum atomic E-state index is -0.123. The predicted molar refractivity (Wildman–Crippen MR) is 85.1 cm³/mol. The zero-order valence-corrected chi connectivity index (χ0v) is 12.2. The molecule has 0 unspecified atom stereocenters. The lowest BCUT2D eigenvalue weighted by atomic mass is 10.2. The molecule has 0 aliphatic heterocycles. The molecule has 22 heavy (non-hydrogen) atoms. The maximum Gasteiger partial charge on any atom is 0.221 e. The minimum absolute atomic E-state index is 0.123. The number of rotatable bonds is 5. The fourth-order valence-corrected chi connectivity index (χ4v) is 1.72. The van der Waals surface area contributed by atoms with E-state index in [2.05, 4.69) is 30.6 Å². The Morgan fingerprint density at radius 1 is 1.27 bits per heavy atom. The van der Waals surface area contributed by atoms with Gasteiger partial charge in [-0.15, -0.1) is 0 Å². The summed E-state index contributed by atoms with van der Waals surface area (Å²) in [5.74, 6) is 0.663. The van der Waals surface area contributed by atoms with E-state index in [0.29, 0.717) is 17.1 Å². The van der Waals surface area contributed by atoms with Gasteiger partial charge in [0.1, 0.15) is 25.1 Å². The van der Waals surface area contributed by atoms with Gasteiger partial charge in [-0.3, -0.25) is 4.79 Å². The average Bonchev–Trinajstić information content (AvgIpc) is 2.48. The van der Waals surface area contributed by atoms with Gasteiger partial charge in [-0.25, -0.2) is 9.97 Å². The van der Waals surface area contributed by atoms with Crippen LogP contribution in [0.2, 0.25) is 0 Å². The topological polar surface area (TPSA) is 115 Å². The number of aromatic nitrogens is 2. The monoisotopic (exact) mass is 300 g/mol. The summed E-state index contributed by atoms with van der Waals surface area (Å²) in [6.07, 6.45) is 2.79. The number of nitrogen functional groups attached to an aromatic ring is 1. The average molecular weight is 300 g/mol. The summed E-state index contributed by atoms with van der Waals surface area (Å²) in [6.45, 7) is 1.46. The van der Waals surface area contributed by atoms with Crippen LogP contribution >= 0.6 is 0 Å². The van der Waals surface area contributed by atoms with Crippen molar-refractivity contribution in [2.24, 2.45) is 5.16 Å². The van der Waals surface area contributed by atoms with Crippen molar-refractivity contribution in [3.05, 3.63) is 36.2 Å². The molecule has 0 saturated heterocycles. The molecule has 4 N–H and O–H groups in total. The molecule has 0 saturated carbocycles. The highest BCUT2D eigenvalue weighted by molar-refractivity contribution is 5.92. The van der Waals surface area contributed by atoms with E-state index in [4.69, 9.17) is 5.73 Å². The highest BCUT2D eigenvalue weighted by atomic mass is 16.6. The van der Waals surface area contributed by atoms with Gasteiger partial charge in [0.25, 0.3) is 0 Å². The molecule has 0 spiro atoms. The number of hydrogen-bond donors (Lipinski definition) is 3. The summed E-state index contributed by atoms with van der Waals surface area (Å²) in [5.41, 5.74) is 7.82. The van der Waals surface area contributed by atoms with Crippen LogP contribution in [0.15, 0.2) is 35.7 Å². The highest BCUT2D eigenvalue weighted by Crippen LogP contribution is 2.21. The Hall–Kier alpha value is -3.16. The van der Waals surface area contributed by atoms with Crippen LogP contribution in [0.4, 0.5) is 23.0 Å². The zero-order chi connectivity index (χ0) is 15.9. The van der Waals surface area contributed by atoms with Crippen LogP contribution in [0.25, 0.3) is 0 Å². The van der Waals surface area contributed by atoms with Crippen molar-refractivity contribution in [1.82, 2.24) is 9.97 Å². The normalized spacial score (nSPS) is 10.5. The maximum absolute atomic E-state index is 11.0. The van der Waals surface area contributed by atoms with E-state index in [1.807, 2.05) is 0 Å². The summed E-state index contributed by atoms with van der Waals surface area (Å²) >= 11 is 0. The molecule has 1 heterocycles. The van der Waals surface area contributed by atoms with Crippen molar-refractivity contribution < 1.29 is 9.63 Å². The first kappa shape index (κ1) is 15.2. The van der Waals surface area contributed by atoms with Gasteiger partial charge in [0, 0.05) is 18.3 Å². The van der Waals surface area contributed by atoms with Gasteiger partial charge >= 0.3 is 0 Å². The van der Waals surface area contributed by atoms with Crippen molar-refractivity contribution in [1.29, 1.82) is 0 Å². The summed E-state index contributed by atoms with van der Waals surface area (Å²) in [6, 6.07) is 7.16. The molecule has 0 aliphatic rings. The number of oxime groups is 1. The summed E-state index contributed by atoms with van der Waals surface area (Å²) in [5, 5.41) is 9.49. The smallest absolute Gasteiger partial charge is 0.221 e. The van der Waals surface area contributed by atoms with Gasteiger partial charge in [-0.05, 0) is 24.3 Å². The van der Waals surface area contributed by atoms with Crippen LogP contribution in [0.1, 0.15) is 12.5 Å². The second kappa shape index (κ2) is 7.02. The Morgan fingerprint density at radius 3 is 2.59 bits per heavy atom. The molecule has 1 amide bonds. The molecular formula is C14H16N6O2. The molecule has 0 atom stereocenters. The number of amides is 1. The van der Waals surface area contributed by atoms with Gasteiger partial charge in [0.2, 0.25) is 5.91 Å². The largest absolute Gasteiger partial charge is 0.399 e. The third-order valence-electron chi connectivity index (χ3n) is 2.67. The Kier molecular flexibility index (Phi) is 4.86. The van der Waals surface area contributed by atoms with Gasteiger partial charge < -0.3 is 21.2 Å². The first-order valence-corrected chi connectivity index (χ1v) is 6.42. The molecule has 2 rings (SSSR count). The van der Waals surface area contributed by atoms with Crippen LogP contribution < -0.4 is 16.4 Å². The molecule has 114 valence electrons. The summed E-state index contributed by atoms with van der Waals surface area (Å²) < 4.78 is 0. The number of nitrogens with one attached hydrogen (secondary N) is 2. The van der Waals surface area contributed by atoms with Gasteiger partial charge in [0.15, 0.2) is 0 Å². The minimum Gasteiger partial charge on any atom is -0.399 e. The molecule has 8 nitrogen and oxygen atoms in total. The van der Waals surface area contributed by atoms with Gasteiger partial charge in [-0.2, -0.15) is 0 Å². The van der Waals surface area contributed by atoms with E-state index >= 15 is 0 Å². The van der Waals surface area contributed by atoms with Gasteiger partial charge in [-0.1, -0.05) is 5.16 Å². The molecule has 0 radical (unpaired) electrons. The Bertz CT molecular complexity index is 684. The Balaban J connectivity index is 2.21. The van der Waals surface area contributed by atoms with Crippen molar-refractivity contribution in [3.63, 3.8) is 0 Å². The number of nitrogens with two attached hydrogens (primary N) is 1. The lowest BCUT2D eigenvalue weighted by Gasteiger charge is -2.10. The number of benzene rings is 1. The zero-order valence-electron chi connectivity index (χ0n) is 12.2. The molecule has 0 bridgehead atoms. The number of anilines is 4. The molecule has 8 heteroatoms. The molecule has 0 aliphatic carbocycles. The third-order valence-corrected chi connectivity index (χ3v) is 2.67. The second-order valence-electron chi connectivity index (χ2n) is 4.32. The standard InChI is InChI=1S/C14H16N6O2/c1-9(21)19-10-3-5-11(6-4-10)20-14-12(7-18-22-2)13(15)16-8-17-14/h3-8H,1-2H3,(H,19,21)(H3,15,16,17,20). The van der Waals surface area contributed by atoms with Crippen LogP contribution in [0.5, 0.6) is 0 Å². The maximum atomic E-state index is 11.0. The second-order valence-corrected chi connectivity index (χ2v) is 4.32. The number of carbonyl (C=O) groups excluding carboxylic acids is 1. The van der Waals surface area contributed by atoms with Crippen molar-refractivity contribution in [2.45, 2.75) is 6.92 Å². The highest BCUT2D eigenvalue weighted by Gasteiger charge is 2.08. The Morgan fingerprint density at radius 2 is 1.95 bits per heavy atom. The number of carbonyl (C=O) groups is 1. The number of hydrogen-bond acceptors (Lipinski definition) is 7. The quantitative estimate of drug-likeness (QED) is 0.572. The predicted octanol–water partition coefficient (Wildman–Crippen LogP) is 1.74. The van der Waals surface area contributed by atoms with E-state index in [9.17, 15) is 4.79 Å². The first-order valence-electron chi connectivity index (χ1n) is 6.42.